The number of para-hydroxylation sites is 1. The van der Waals surface area contributed by atoms with Gasteiger partial charge in [-0.3, -0.25) is 24.5 Å². The third-order valence-electron chi connectivity index (χ3n) is 14.6. The second-order valence-electron chi connectivity index (χ2n) is 18.6. The molecule has 0 radical (unpaired) electrons. The van der Waals surface area contributed by atoms with Crippen LogP contribution in [0.3, 0.4) is 0 Å². The maximum atomic E-state index is 15.7. The predicted octanol–water partition coefficient (Wildman–Crippen LogP) is 6.09. The SMILES string of the molecule is COc1cccc(C(=O)NC2CC3(CCN(C[C@@H]4CCN(c5ccc(C6CCC(=O)NC6=O)cc5F)C[C@@H]4F)CC3)C2)c1Nc1ncc2c(n1)N(C1CCCC1)CC(F)(F)C(=O)N2C. The van der Waals surface area contributed by atoms with Crippen molar-refractivity contribution in [3.05, 3.63) is 59.5 Å². The van der Waals surface area contributed by atoms with E-state index in [-0.39, 0.29) is 65.7 Å². The van der Waals surface area contributed by atoms with E-state index in [0.717, 1.165) is 56.5 Å². The minimum atomic E-state index is -3.61. The summed E-state index contributed by atoms with van der Waals surface area (Å²) in [5.74, 6) is -6.59. The van der Waals surface area contributed by atoms with Crippen LogP contribution in [0.2, 0.25) is 0 Å². The van der Waals surface area contributed by atoms with E-state index in [9.17, 15) is 19.2 Å². The van der Waals surface area contributed by atoms with Crippen molar-refractivity contribution >= 4 is 52.5 Å². The molecule has 5 fully saturated rings. The van der Waals surface area contributed by atoms with Gasteiger partial charge in [0.25, 0.3) is 11.8 Å². The molecule has 4 aliphatic heterocycles. The number of alkyl halides is 3. The Hall–Kier alpha value is -5.52. The number of nitrogens with zero attached hydrogens (tertiary/aromatic N) is 6. The van der Waals surface area contributed by atoms with Crippen LogP contribution >= 0.6 is 0 Å². The van der Waals surface area contributed by atoms with E-state index in [1.54, 1.807) is 35.2 Å². The monoisotopic (exact) mass is 889 g/mol. The summed E-state index contributed by atoms with van der Waals surface area (Å²) in [5.41, 5.74) is 1.73. The third kappa shape index (κ3) is 8.56. The number of hydrogen-bond acceptors (Lipinski definition) is 11. The van der Waals surface area contributed by atoms with Crippen LogP contribution in [-0.4, -0.2) is 116 Å². The Balaban J connectivity index is 0.784. The van der Waals surface area contributed by atoms with Crippen molar-refractivity contribution in [1.82, 2.24) is 25.5 Å². The number of fused-ring (bicyclic) bond motifs is 1. The van der Waals surface area contributed by atoms with Crippen LogP contribution in [0.15, 0.2) is 42.6 Å². The maximum absolute atomic E-state index is 15.7. The first-order valence-electron chi connectivity index (χ1n) is 22.5. The number of imide groups is 1. The van der Waals surface area contributed by atoms with Gasteiger partial charge < -0.3 is 35.0 Å². The van der Waals surface area contributed by atoms with Gasteiger partial charge in [0, 0.05) is 51.1 Å². The summed E-state index contributed by atoms with van der Waals surface area (Å²) in [4.78, 5) is 66.1. The lowest BCUT2D eigenvalue weighted by Crippen LogP contribution is -2.56. The molecule has 2 saturated carbocycles. The van der Waals surface area contributed by atoms with Crippen molar-refractivity contribution in [2.75, 3.05) is 73.4 Å². The number of anilines is 5. The lowest BCUT2D eigenvalue weighted by molar-refractivity contribution is -0.140. The minimum Gasteiger partial charge on any atom is -0.495 e. The number of likely N-dealkylation sites (tertiary alicyclic amines) is 1. The van der Waals surface area contributed by atoms with Crippen LogP contribution in [0.4, 0.5) is 46.4 Å². The molecule has 2 aromatic carbocycles. The largest absolute Gasteiger partial charge is 0.495 e. The average molecular weight is 890 g/mol. The number of hydrogen-bond donors (Lipinski definition) is 3. The lowest BCUT2D eigenvalue weighted by atomic mass is 9.60. The van der Waals surface area contributed by atoms with Gasteiger partial charge in [0.15, 0.2) is 5.82 Å². The Kier molecular flexibility index (Phi) is 11.9. The fourth-order valence-electron chi connectivity index (χ4n) is 10.9. The topological polar surface area (TPSA) is 152 Å². The molecule has 1 spiro atoms. The molecule has 3 N–H and O–H groups in total. The van der Waals surface area contributed by atoms with Gasteiger partial charge in [-0.15, -0.1) is 0 Å². The molecule has 0 bridgehead atoms. The normalized spacial score (nSPS) is 25.1. The molecule has 1 aromatic heterocycles. The molecule has 3 saturated heterocycles. The Bertz CT molecular complexity index is 2300. The summed E-state index contributed by atoms with van der Waals surface area (Å²) in [6.45, 7) is 2.10. The predicted molar refractivity (Wildman–Crippen MR) is 232 cm³/mol. The molecule has 5 heterocycles. The molecule has 18 heteroatoms. The standard InChI is InChI=1S/C46H55F4N9O5/c1-56-36-23-51-44(55-40(36)59(30-6-3-4-7-30)26-46(49,50)43(56)63)54-39-32(8-5-9-37(39)64-2)42(62)52-29-21-45(22-29)15-18-57(19-16-45)24-28-14-17-58(25-34(28)48)35-12-10-27(20-33(35)47)31-11-13-38(60)53-41(31)61/h5,8-10,12,20,23,28-31,34H,3-4,6-7,11,13-19,21-22,24-26H2,1-2H3,(H,52,62)(H,51,54,55)(H,53,60,61)/t28-,31?,34-/m0/s1. The average Bonchev–Trinajstić information content (AvgIpc) is 3.79. The number of rotatable bonds is 10. The van der Waals surface area contributed by atoms with E-state index in [1.165, 1.54) is 31.3 Å². The molecule has 1 unspecified atom stereocenters. The van der Waals surface area contributed by atoms with Crippen LogP contribution in [0.5, 0.6) is 5.75 Å². The first-order valence-corrected chi connectivity index (χ1v) is 22.5. The molecular weight excluding hydrogens is 835 g/mol. The van der Waals surface area contributed by atoms with Gasteiger partial charge in [-0.2, -0.15) is 13.8 Å². The smallest absolute Gasteiger partial charge is 0.342 e. The fourth-order valence-corrected chi connectivity index (χ4v) is 10.9. The third-order valence-corrected chi connectivity index (χ3v) is 14.6. The minimum absolute atomic E-state index is 0.0467. The maximum Gasteiger partial charge on any atom is 0.342 e. The van der Waals surface area contributed by atoms with Gasteiger partial charge in [-0.05, 0) is 99.7 Å². The van der Waals surface area contributed by atoms with Gasteiger partial charge in [-0.25, -0.2) is 13.8 Å². The molecule has 342 valence electrons. The van der Waals surface area contributed by atoms with Crippen LogP contribution in [-0.2, 0) is 14.4 Å². The van der Waals surface area contributed by atoms with Gasteiger partial charge in [0.05, 0.1) is 42.7 Å². The van der Waals surface area contributed by atoms with E-state index >= 15 is 17.6 Å². The van der Waals surface area contributed by atoms with Crippen LogP contribution in [0, 0.1) is 17.2 Å². The summed E-state index contributed by atoms with van der Waals surface area (Å²) in [6.07, 6.45) is 8.06. The second kappa shape index (κ2) is 17.5. The van der Waals surface area contributed by atoms with Gasteiger partial charge in [0.1, 0.15) is 23.4 Å². The molecule has 4 amide bonds. The summed E-state index contributed by atoms with van der Waals surface area (Å²) in [7, 11) is 2.78. The number of carbonyl (C=O) groups is 4. The van der Waals surface area contributed by atoms with E-state index in [4.69, 9.17) is 4.74 Å². The van der Waals surface area contributed by atoms with E-state index in [2.05, 4.69) is 30.8 Å². The van der Waals surface area contributed by atoms with Gasteiger partial charge >= 0.3 is 5.92 Å². The zero-order valence-electron chi connectivity index (χ0n) is 36.2. The number of aromatic nitrogens is 2. The lowest BCUT2D eigenvalue weighted by Gasteiger charge is -2.53. The van der Waals surface area contributed by atoms with Crippen molar-refractivity contribution in [3.63, 3.8) is 0 Å². The molecule has 64 heavy (non-hydrogen) atoms. The highest BCUT2D eigenvalue weighted by molar-refractivity contribution is 6.03. The van der Waals surface area contributed by atoms with E-state index < -0.39 is 42.2 Å². The van der Waals surface area contributed by atoms with Crippen molar-refractivity contribution in [2.45, 2.75) is 101 Å². The Labute approximate surface area is 369 Å². The van der Waals surface area contributed by atoms with Crippen molar-refractivity contribution in [3.8, 4) is 5.75 Å². The van der Waals surface area contributed by atoms with Gasteiger partial charge in [-0.1, -0.05) is 25.0 Å². The molecule has 6 aliphatic rings. The highest BCUT2D eigenvalue weighted by atomic mass is 19.3. The van der Waals surface area contributed by atoms with Crippen molar-refractivity contribution in [2.24, 2.45) is 11.3 Å². The Morgan fingerprint density at radius 2 is 1.77 bits per heavy atom. The zero-order chi connectivity index (χ0) is 44.9. The van der Waals surface area contributed by atoms with Crippen molar-refractivity contribution < 1.29 is 41.5 Å². The summed E-state index contributed by atoms with van der Waals surface area (Å²) in [6, 6.07) is 9.48. The number of amides is 4. The van der Waals surface area contributed by atoms with E-state index in [1.807, 2.05) is 0 Å². The Morgan fingerprint density at radius 1 is 1.00 bits per heavy atom. The number of ether oxygens (including phenoxy) is 1. The number of halogens is 4. The number of nitrogens with one attached hydrogen (secondary N) is 3. The fraction of sp³-hybridized carbons (Fsp3) is 0.565. The molecule has 3 atom stereocenters. The van der Waals surface area contributed by atoms with Crippen LogP contribution in [0.25, 0.3) is 0 Å². The van der Waals surface area contributed by atoms with Crippen LogP contribution in [0.1, 0.15) is 92.5 Å². The van der Waals surface area contributed by atoms with Gasteiger partial charge in [0.2, 0.25) is 17.8 Å². The van der Waals surface area contributed by atoms with Crippen LogP contribution < -0.4 is 35.4 Å². The Morgan fingerprint density at radius 3 is 2.47 bits per heavy atom. The zero-order valence-corrected chi connectivity index (χ0v) is 36.2. The summed E-state index contributed by atoms with van der Waals surface area (Å²) in [5, 5.41) is 8.65. The number of carbonyl (C=O) groups excluding carboxylic acids is 4. The second-order valence-corrected chi connectivity index (χ2v) is 18.6. The highest BCUT2D eigenvalue weighted by Crippen LogP contribution is 2.50. The summed E-state index contributed by atoms with van der Waals surface area (Å²) >= 11 is 0. The first-order chi connectivity index (χ1) is 30.7. The highest BCUT2D eigenvalue weighted by Gasteiger charge is 2.50. The van der Waals surface area contributed by atoms with E-state index in [0.29, 0.717) is 67.0 Å². The molecular formula is C46H55F4N9O5. The van der Waals surface area contributed by atoms with Crippen molar-refractivity contribution in [1.29, 1.82) is 0 Å². The molecule has 3 aromatic rings. The molecule has 9 rings (SSSR count). The molecule has 14 nitrogen and oxygen atoms in total. The first kappa shape index (κ1) is 43.7. The number of benzene rings is 2. The summed E-state index contributed by atoms with van der Waals surface area (Å²) < 4.78 is 67.0. The number of methoxy groups -OCH3 is 1. The molecule has 2 aliphatic carbocycles. The number of piperidine rings is 3. The quantitative estimate of drug-likeness (QED) is 0.160.